The number of ketones is 1. The maximum Gasteiger partial charge on any atom is 0.260 e. The molecule has 1 aliphatic heterocycles. The number of ether oxygens (including phenoxy) is 2. The highest BCUT2D eigenvalue weighted by atomic mass is 16.5. The van der Waals surface area contributed by atoms with E-state index in [1.54, 1.807) is 41.3 Å². The Labute approximate surface area is 275 Å². The molecule has 0 bridgehead atoms. The van der Waals surface area contributed by atoms with Crippen LogP contribution in [0.2, 0.25) is 0 Å². The third-order valence-corrected chi connectivity index (χ3v) is 9.55. The smallest absolute Gasteiger partial charge is 0.260 e. The van der Waals surface area contributed by atoms with Crippen LogP contribution < -0.4 is 15.4 Å². The fraction of sp³-hybridized carbons (Fsp3) is 0.405. The molecule has 248 valence electrons. The molecule has 0 spiro atoms. The van der Waals surface area contributed by atoms with Crippen molar-refractivity contribution in [1.29, 1.82) is 0 Å². The molecule has 0 radical (unpaired) electrons. The molecule has 2 aliphatic rings. The lowest BCUT2D eigenvalue weighted by molar-refractivity contribution is -0.151. The van der Waals surface area contributed by atoms with Crippen LogP contribution in [0.15, 0.2) is 60.7 Å². The minimum absolute atomic E-state index is 0.155. The number of amides is 3. The van der Waals surface area contributed by atoms with Crippen molar-refractivity contribution < 1.29 is 33.8 Å². The number of aliphatic hydroxyl groups is 1. The molecule has 5 rings (SSSR count). The maximum atomic E-state index is 14.2. The molecule has 47 heavy (non-hydrogen) atoms. The summed E-state index contributed by atoms with van der Waals surface area (Å²) in [6.07, 6.45) is -0.371. The van der Waals surface area contributed by atoms with Gasteiger partial charge in [-0.1, -0.05) is 36.4 Å². The number of carbonyl (C=O) groups excluding carboxylic acids is 4. The molecule has 3 aromatic rings. The molecule has 3 amide bonds. The number of nitrogens with one attached hydrogen (secondary N) is 2. The molecule has 2 fully saturated rings. The van der Waals surface area contributed by atoms with Gasteiger partial charge in [-0.05, 0) is 86.7 Å². The monoisotopic (exact) mass is 641 g/mol. The Kier molecular flexibility index (Phi) is 10.1. The number of hydrogen-bond donors (Lipinski definition) is 3. The number of hydrogen-bond acceptors (Lipinski definition) is 7. The second-order valence-corrected chi connectivity index (χ2v) is 12.8. The van der Waals surface area contributed by atoms with Crippen molar-refractivity contribution in [3.05, 3.63) is 88.5 Å². The van der Waals surface area contributed by atoms with E-state index in [0.717, 1.165) is 22.3 Å². The molecule has 4 unspecified atom stereocenters. The summed E-state index contributed by atoms with van der Waals surface area (Å²) >= 11 is 0. The molecule has 3 N–H and O–H groups in total. The van der Waals surface area contributed by atoms with Crippen molar-refractivity contribution in [1.82, 2.24) is 4.90 Å². The van der Waals surface area contributed by atoms with Gasteiger partial charge in [0.05, 0.1) is 24.7 Å². The van der Waals surface area contributed by atoms with Crippen LogP contribution in [0.25, 0.3) is 0 Å². The zero-order valence-corrected chi connectivity index (χ0v) is 27.6. The maximum absolute atomic E-state index is 14.2. The number of morpholine rings is 1. The lowest BCUT2D eigenvalue weighted by Gasteiger charge is -2.44. The summed E-state index contributed by atoms with van der Waals surface area (Å²) in [5, 5.41) is 17.6. The Hall–Kier alpha value is -4.54. The summed E-state index contributed by atoms with van der Waals surface area (Å²) in [6, 6.07) is 17.8. The average Bonchev–Trinajstić information content (AvgIpc) is 3.04. The van der Waals surface area contributed by atoms with E-state index in [2.05, 4.69) is 10.6 Å². The first-order valence-electron chi connectivity index (χ1n) is 15.9. The highest BCUT2D eigenvalue weighted by Crippen LogP contribution is 2.47. The van der Waals surface area contributed by atoms with Crippen LogP contribution in [0.1, 0.15) is 47.1 Å². The number of rotatable bonds is 8. The van der Waals surface area contributed by atoms with Crippen LogP contribution in [-0.2, 0) is 23.9 Å². The first-order chi connectivity index (χ1) is 22.4. The van der Waals surface area contributed by atoms with Gasteiger partial charge in [-0.25, -0.2) is 0 Å². The molecule has 1 heterocycles. The third kappa shape index (κ3) is 7.39. The highest BCUT2D eigenvalue weighted by Gasteiger charge is 2.56. The van der Waals surface area contributed by atoms with Crippen molar-refractivity contribution in [2.24, 2.45) is 11.8 Å². The van der Waals surface area contributed by atoms with E-state index in [9.17, 15) is 24.3 Å². The largest absolute Gasteiger partial charge is 0.484 e. The van der Waals surface area contributed by atoms with Gasteiger partial charge >= 0.3 is 0 Å². The van der Waals surface area contributed by atoms with E-state index in [1.165, 1.54) is 6.92 Å². The van der Waals surface area contributed by atoms with Crippen molar-refractivity contribution in [2.75, 3.05) is 43.5 Å². The van der Waals surface area contributed by atoms with Crippen LogP contribution >= 0.6 is 0 Å². The fourth-order valence-corrected chi connectivity index (χ4v) is 6.52. The number of nitrogens with zero attached hydrogens (tertiary/aromatic N) is 1. The van der Waals surface area contributed by atoms with Crippen molar-refractivity contribution >= 4 is 34.9 Å². The van der Waals surface area contributed by atoms with E-state index in [0.29, 0.717) is 49.0 Å². The van der Waals surface area contributed by atoms with Crippen LogP contribution in [0.4, 0.5) is 11.4 Å². The number of anilines is 2. The van der Waals surface area contributed by atoms with E-state index >= 15 is 0 Å². The molecule has 10 nitrogen and oxygen atoms in total. The van der Waals surface area contributed by atoms with Crippen LogP contribution in [0.3, 0.4) is 0 Å². The Morgan fingerprint density at radius 1 is 0.872 bits per heavy atom. The molecule has 4 atom stereocenters. The number of aryl methyl sites for hydroxylation is 2. The minimum Gasteiger partial charge on any atom is -0.484 e. The Balaban J connectivity index is 1.48. The number of carbonyl (C=O) groups is 4. The number of Topliss-reactive ketones (excluding diaryl/α,β-unsaturated/α-hetero) is 1. The van der Waals surface area contributed by atoms with Crippen molar-refractivity contribution in [3.8, 4) is 5.75 Å². The zero-order valence-electron chi connectivity index (χ0n) is 27.6. The molecule has 3 aromatic carbocycles. The van der Waals surface area contributed by atoms with Gasteiger partial charge in [0.25, 0.3) is 5.91 Å². The summed E-state index contributed by atoms with van der Waals surface area (Å²) in [5.41, 5.74) is 3.62. The van der Waals surface area contributed by atoms with Crippen molar-refractivity contribution in [3.63, 3.8) is 0 Å². The molecule has 1 saturated carbocycles. The summed E-state index contributed by atoms with van der Waals surface area (Å²) in [7, 11) is 0. The van der Waals surface area contributed by atoms with E-state index in [-0.39, 0.29) is 18.9 Å². The quantitative estimate of drug-likeness (QED) is 0.309. The lowest BCUT2D eigenvalue weighted by Crippen LogP contribution is -2.56. The first-order valence-corrected chi connectivity index (χ1v) is 15.9. The van der Waals surface area contributed by atoms with Crippen LogP contribution in [0.5, 0.6) is 5.75 Å². The number of benzene rings is 3. The lowest BCUT2D eigenvalue weighted by atomic mass is 9.61. The van der Waals surface area contributed by atoms with Gasteiger partial charge in [-0.3, -0.25) is 19.2 Å². The van der Waals surface area contributed by atoms with Crippen LogP contribution in [-0.4, -0.2) is 72.0 Å². The zero-order chi connectivity index (χ0) is 33.9. The molecular weight excluding hydrogens is 598 g/mol. The van der Waals surface area contributed by atoms with Gasteiger partial charge in [-0.2, -0.15) is 0 Å². The van der Waals surface area contributed by atoms with E-state index < -0.39 is 41.0 Å². The van der Waals surface area contributed by atoms with Gasteiger partial charge < -0.3 is 30.1 Å². The molecule has 1 saturated heterocycles. The van der Waals surface area contributed by atoms with E-state index in [1.807, 2.05) is 52.0 Å². The SMILES string of the molecule is Cc1cccc(NC(=O)C2C(=O)CC(C)(O)C(C(=O)Nc3cccc(C)c3C)C2c2ccc(OCC(=O)N3CCOCC3)cc2)c1C. The summed E-state index contributed by atoms with van der Waals surface area (Å²) in [5.74, 6) is -4.69. The second-order valence-electron chi connectivity index (χ2n) is 12.8. The third-order valence-electron chi connectivity index (χ3n) is 9.55. The first kappa shape index (κ1) is 33.8. The predicted octanol–water partition coefficient (Wildman–Crippen LogP) is 4.48. The normalized spacial score (nSPS) is 22.8. The Morgan fingerprint density at radius 2 is 1.43 bits per heavy atom. The average molecular weight is 642 g/mol. The topological polar surface area (TPSA) is 134 Å². The summed E-state index contributed by atoms with van der Waals surface area (Å²) in [4.78, 5) is 56.3. The van der Waals surface area contributed by atoms with Gasteiger partial charge in [0.15, 0.2) is 6.61 Å². The fourth-order valence-electron chi connectivity index (χ4n) is 6.52. The van der Waals surface area contributed by atoms with E-state index in [4.69, 9.17) is 9.47 Å². The molecule has 10 heteroatoms. The predicted molar refractivity (Wildman–Crippen MR) is 178 cm³/mol. The van der Waals surface area contributed by atoms with Gasteiger partial charge in [-0.15, -0.1) is 0 Å². The standard InChI is InChI=1S/C37H43N3O7/c1-22-8-6-10-28(24(22)3)38-35(43)33-30(41)20-37(5,45)34(36(44)39-29-11-7-9-23(2)25(29)4)32(33)26-12-14-27(15-13-26)47-21-31(42)40-16-18-46-19-17-40/h6-15,32-34,45H,16-21H2,1-5H3,(H,38,43)(H,39,44). The molecule has 1 aliphatic carbocycles. The van der Waals surface area contributed by atoms with Gasteiger partial charge in [0.1, 0.15) is 17.5 Å². The summed E-state index contributed by atoms with van der Waals surface area (Å²) in [6.45, 7) is 11.0. The second kappa shape index (κ2) is 14.1. The Morgan fingerprint density at radius 3 is 2.00 bits per heavy atom. The summed E-state index contributed by atoms with van der Waals surface area (Å²) < 4.78 is 11.1. The highest BCUT2D eigenvalue weighted by molar-refractivity contribution is 6.10. The molecule has 0 aromatic heterocycles. The van der Waals surface area contributed by atoms with Crippen molar-refractivity contribution in [2.45, 2.75) is 52.6 Å². The molecular formula is C37H43N3O7. The van der Waals surface area contributed by atoms with Gasteiger partial charge in [0.2, 0.25) is 11.8 Å². The van der Waals surface area contributed by atoms with Crippen LogP contribution in [0, 0.1) is 39.5 Å². The Bertz CT molecular complexity index is 1660. The minimum atomic E-state index is -1.75. The van der Waals surface area contributed by atoms with Gasteiger partial charge in [0, 0.05) is 36.8 Å².